The number of hydrogen-bond acceptors (Lipinski definition) is 10. The van der Waals surface area contributed by atoms with Crippen molar-refractivity contribution in [1.29, 1.82) is 0 Å². The van der Waals surface area contributed by atoms with Crippen LogP contribution in [-0.2, 0) is 24.0 Å². The normalized spacial score (nSPS) is 15.9. The van der Waals surface area contributed by atoms with E-state index >= 15 is 0 Å². The molecule has 2 atom stereocenters. The fraction of sp³-hybridized carbons (Fsp3) is 0.500. The van der Waals surface area contributed by atoms with Gasteiger partial charge in [0.05, 0.1) is 24.1 Å². The van der Waals surface area contributed by atoms with E-state index < -0.39 is 17.3 Å². The number of nitrogens with one attached hydrogen (secondary N) is 1. The van der Waals surface area contributed by atoms with Crippen molar-refractivity contribution < 1.29 is 24.0 Å². The SMILES string of the molecule is CCOC(=O)C(CSC1CC(=O)N(CCON=C(CC)CC)C1=O)NSc1cccc2c(N(C)C)cccc12. The molecule has 1 saturated heterocycles. The highest BCUT2D eigenvalue weighted by atomic mass is 32.2. The molecule has 1 aliphatic heterocycles. The predicted octanol–water partition coefficient (Wildman–Crippen LogP) is 4.49. The van der Waals surface area contributed by atoms with Crippen LogP contribution in [0.4, 0.5) is 5.69 Å². The fourth-order valence-electron chi connectivity index (χ4n) is 4.15. The number of esters is 1. The van der Waals surface area contributed by atoms with Crippen LogP contribution in [0.15, 0.2) is 46.4 Å². The number of benzene rings is 2. The highest BCUT2D eigenvalue weighted by molar-refractivity contribution is 8.01. The van der Waals surface area contributed by atoms with E-state index in [1.54, 1.807) is 6.92 Å². The minimum Gasteiger partial charge on any atom is -0.465 e. The van der Waals surface area contributed by atoms with Crippen LogP contribution < -0.4 is 9.62 Å². The third kappa shape index (κ3) is 8.12. The number of imide groups is 1. The van der Waals surface area contributed by atoms with E-state index in [2.05, 4.69) is 33.0 Å². The van der Waals surface area contributed by atoms with Crippen LogP contribution in [0.5, 0.6) is 0 Å². The number of fused-ring (bicyclic) bond motifs is 1. The average Bonchev–Trinajstić information content (AvgIpc) is 3.20. The molecule has 11 heteroatoms. The van der Waals surface area contributed by atoms with E-state index in [0.29, 0.717) is 0 Å². The van der Waals surface area contributed by atoms with Crippen LogP contribution in [0.1, 0.15) is 40.0 Å². The number of carbonyl (C=O) groups is 3. The Labute approximate surface area is 239 Å². The van der Waals surface area contributed by atoms with Gasteiger partial charge >= 0.3 is 5.97 Å². The van der Waals surface area contributed by atoms with Crippen LogP contribution in [0.25, 0.3) is 10.8 Å². The van der Waals surface area contributed by atoms with Gasteiger partial charge in [-0.05, 0) is 49.2 Å². The largest absolute Gasteiger partial charge is 0.465 e. The van der Waals surface area contributed by atoms with E-state index in [4.69, 9.17) is 9.57 Å². The summed E-state index contributed by atoms with van der Waals surface area (Å²) in [6.07, 6.45) is 1.69. The van der Waals surface area contributed by atoms with Gasteiger partial charge in [0.25, 0.3) is 0 Å². The molecule has 2 amide bonds. The standard InChI is InChI=1S/C28H38N4O5S2/c1-6-19(7-2)29-37-16-15-32-26(33)17-25(27(32)34)38-18-22(28(35)36-8-3)30-39-24-14-10-11-20-21(24)12-9-13-23(20)31(4)5/h9-14,22,25,30H,6-8,15-18H2,1-5H3. The zero-order valence-electron chi connectivity index (χ0n) is 23.3. The Bertz CT molecular complexity index is 1180. The van der Waals surface area contributed by atoms with Gasteiger partial charge < -0.3 is 14.5 Å². The third-order valence-electron chi connectivity index (χ3n) is 6.31. The molecular weight excluding hydrogens is 536 g/mol. The molecule has 0 spiro atoms. The second kappa shape index (κ2) is 15.1. The number of hydrogen-bond donors (Lipinski definition) is 1. The number of likely N-dealkylation sites (tertiary alicyclic amines) is 1. The van der Waals surface area contributed by atoms with Crippen molar-refractivity contribution in [2.24, 2.45) is 5.16 Å². The summed E-state index contributed by atoms with van der Waals surface area (Å²) in [5.41, 5.74) is 2.04. The molecule has 1 aliphatic rings. The van der Waals surface area contributed by atoms with Crippen molar-refractivity contribution in [1.82, 2.24) is 9.62 Å². The van der Waals surface area contributed by atoms with Gasteiger partial charge in [-0.25, -0.2) is 4.72 Å². The van der Waals surface area contributed by atoms with Crippen LogP contribution in [0.2, 0.25) is 0 Å². The van der Waals surface area contributed by atoms with Crippen molar-refractivity contribution in [2.75, 3.05) is 44.5 Å². The van der Waals surface area contributed by atoms with Crippen molar-refractivity contribution in [3.63, 3.8) is 0 Å². The molecule has 2 aromatic rings. The maximum Gasteiger partial charge on any atom is 0.324 e. The van der Waals surface area contributed by atoms with Gasteiger partial charge in [-0.3, -0.25) is 19.3 Å². The molecule has 2 aromatic carbocycles. The number of amides is 2. The first-order valence-corrected chi connectivity index (χ1v) is 15.1. The molecule has 3 rings (SSSR count). The summed E-state index contributed by atoms with van der Waals surface area (Å²) in [7, 11) is 4.01. The molecule has 1 N–H and O–H groups in total. The van der Waals surface area contributed by atoms with Gasteiger partial charge in [0, 0.05) is 42.2 Å². The maximum atomic E-state index is 12.9. The topological polar surface area (TPSA) is 101 Å². The lowest BCUT2D eigenvalue weighted by molar-refractivity contribution is -0.144. The van der Waals surface area contributed by atoms with Gasteiger partial charge in [0.15, 0.2) is 0 Å². The summed E-state index contributed by atoms with van der Waals surface area (Å²) < 4.78 is 8.54. The van der Waals surface area contributed by atoms with Crippen LogP contribution in [0.3, 0.4) is 0 Å². The third-order valence-corrected chi connectivity index (χ3v) is 8.58. The van der Waals surface area contributed by atoms with E-state index in [1.807, 2.05) is 46.1 Å². The second-order valence-corrected chi connectivity index (χ2v) is 11.3. The second-order valence-electron chi connectivity index (χ2n) is 9.15. The van der Waals surface area contributed by atoms with Gasteiger partial charge in [-0.15, -0.1) is 11.8 Å². The Hall–Kier alpha value is -2.76. The smallest absolute Gasteiger partial charge is 0.324 e. The van der Waals surface area contributed by atoms with Gasteiger partial charge in [0.1, 0.15) is 12.6 Å². The molecule has 9 nitrogen and oxygen atoms in total. The molecule has 0 bridgehead atoms. The molecule has 39 heavy (non-hydrogen) atoms. The van der Waals surface area contributed by atoms with Gasteiger partial charge in [0.2, 0.25) is 11.8 Å². The number of rotatable bonds is 15. The lowest BCUT2D eigenvalue weighted by Crippen LogP contribution is -2.38. The quantitative estimate of drug-likeness (QED) is 0.0824. The van der Waals surface area contributed by atoms with Crippen LogP contribution in [-0.4, -0.2) is 79.3 Å². The molecule has 1 heterocycles. The minimum absolute atomic E-state index is 0.0985. The average molecular weight is 575 g/mol. The highest BCUT2D eigenvalue weighted by Gasteiger charge is 2.39. The summed E-state index contributed by atoms with van der Waals surface area (Å²) in [5.74, 6) is -0.605. The Morgan fingerprint density at radius 1 is 1.13 bits per heavy atom. The lowest BCUT2D eigenvalue weighted by Gasteiger charge is -2.20. The zero-order valence-corrected chi connectivity index (χ0v) is 24.9. The van der Waals surface area contributed by atoms with E-state index in [9.17, 15) is 14.4 Å². The number of ether oxygens (including phenoxy) is 1. The van der Waals surface area contributed by atoms with E-state index in [1.165, 1.54) is 28.6 Å². The van der Waals surface area contributed by atoms with Crippen LogP contribution in [0, 0.1) is 0 Å². The summed E-state index contributed by atoms with van der Waals surface area (Å²) in [6, 6.07) is 11.5. The molecular formula is C28H38N4O5S2. The first-order chi connectivity index (χ1) is 18.8. The Kier molecular flexibility index (Phi) is 11.9. The first-order valence-electron chi connectivity index (χ1n) is 13.2. The molecule has 0 aromatic heterocycles. The predicted molar refractivity (Wildman–Crippen MR) is 159 cm³/mol. The molecule has 2 unspecified atom stereocenters. The maximum absolute atomic E-state index is 12.9. The number of nitrogens with zero attached hydrogens (tertiary/aromatic N) is 3. The van der Waals surface area contributed by atoms with Gasteiger partial charge in [-0.2, -0.15) is 0 Å². The lowest BCUT2D eigenvalue weighted by atomic mass is 10.1. The number of oxime groups is 1. The van der Waals surface area contributed by atoms with Crippen molar-refractivity contribution in [3.8, 4) is 0 Å². The van der Waals surface area contributed by atoms with Crippen LogP contribution >= 0.6 is 23.7 Å². The minimum atomic E-state index is -0.664. The van der Waals surface area contributed by atoms with Crippen molar-refractivity contribution in [2.45, 2.75) is 56.2 Å². The molecule has 0 radical (unpaired) electrons. The van der Waals surface area contributed by atoms with Crippen molar-refractivity contribution in [3.05, 3.63) is 36.4 Å². The summed E-state index contributed by atoms with van der Waals surface area (Å²) in [6.45, 7) is 6.33. The Balaban J connectivity index is 1.62. The Morgan fingerprint density at radius 2 is 1.85 bits per heavy atom. The number of carbonyl (C=O) groups excluding carboxylic acids is 3. The summed E-state index contributed by atoms with van der Waals surface area (Å²) in [4.78, 5) is 47.8. The van der Waals surface area contributed by atoms with Crippen molar-refractivity contribution >= 4 is 63.7 Å². The van der Waals surface area contributed by atoms with E-state index in [0.717, 1.165) is 39.9 Å². The van der Waals surface area contributed by atoms with Gasteiger partial charge in [-0.1, -0.05) is 43.3 Å². The Morgan fingerprint density at radius 3 is 2.54 bits per heavy atom. The number of anilines is 1. The monoisotopic (exact) mass is 574 g/mol. The fourth-order valence-corrected chi connectivity index (χ4v) is 6.31. The molecule has 0 saturated carbocycles. The molecule has 1 fully saturated rings. The summed E-state index contributed by atoms with van der Waals surface area (Å²) in [5, 5.41) is 5.70. The number of thioether (sulfide) groups is 1. The zero-order chi connectivity index (χ0) is 28.4. The molecule has 0 aliphatic carbocycles. The van der Waals surface area contributed by atoms with E-state index in [-0.39, 0.29) is 43.7 Å². The first kappa shape index (κ1) is 30.8. The molecule has 212 valence electrons. The highest BCUT2D eigenvalue weighted by Crippen LogP contribution is 2.33. The summed E-state index contributed by atoms with van der Waals surface area (Å²) >= 11 is 2.66.